The molecule has 1 aromatic heterocycles. The van der Waals surface area contributed by atoms with Gasteiger partial charge >= 0.3 is 0 Å². The number of aromatic nitrogens is 1. The molecule has 0 radical (unpaired) electrons. The van der Waals surface area contributed by atoms with Crippen LogP contribution in [0.1, 0.15) is 41.6 Å². The molecule has 4 aromatic rings. The van der Waals surface area contributed by atoms with Crippen LogP contribution < -0.4 is 19.6 Å². The molecule has 36 heavy (non-hydrogen) atoms. The average molecular weight is 515 g/mol. The molecule has 0 saturated carbocycles. The van der Waals surface area contributed by atoms with Crippen molar-refractivity contribution in [2.45, 2.75) is 25.8 Å². The number of aryl methyl sites for hydroxylation is 1. The second kappa shape index (κ2) is 9.12. The van der Waals surface area contributed by atoms with Crippen molar-refractivity contribution in [3.05, 3.63) is 119 Å². The maximum atomic E-state index is 13.8. The van der Waals surface area contributed by atoms with Gasteiger partial charge in [0.05, 0.1) is 22.9 Å². The molecule has 1 atom stereocenters. The molecule has 2 aliphatic rings. The second-order valence-corrected chi connectivity index (χ2v) is 10.2. The van der Waals surface area contributed by atoms with Gasteiger partial charge in [0.25, 0.3) is 5.56 Å². The molecule has 2 heterocycles. The summed E-state index contributed by atoms with van der Waals surface area (Å²) in [7, 11) is 0. The quantitative estimate of drug-likeness (QED) is 0.413. The summed E-state index contributed by atoms with van der Waals surface area (Å²) < 4.78 is 7.87. The minimum Gasteiger partial charge on any atom is -0.504 e. The lowest BCUT2D eigenvalue weighted by Crippen LogP contribution is -2.38. The smallest absolute Gasteiger partial charge is 0.271 e. The number of nitrogens with zero attached hydrogens (tertiary/aromatic N) is 2. The van der Waals surface area contributed by atoms with E-state index in [9.17, 15) is 9.90 Å². The van der Waals surface area contributed by atoms with E-state index >= 15 is 0 Å². The van der Waals surface area contributed by atoms with Gasteiger partial charge in [-0.25, -0.2) is 4.99 Å². The fraction of sp³-hybridized carbons (Fsp3) is 0.172. The highest BCUT2D eigenvalue weighted by molar-refractivity contribution is 7.07. The molecule has 7 heteroatoms. The first-order valence-electron chi connectivity index (χ1n) is 11.9. The van der Waals surface area contributed by atoms with Crippen molar-refractivity contribution < 1.29 is 9.84 Å². The molecule has 3 aromatic carbocycles. The number of fused-ring (bicyclic) bond motifs is 3. The molecule has 0 spiro atoms. The van der Waals surface area contributed by atoms with Crippen molar-refractivity contribution in [3.63, 3.8) is 0 Å². The Labute approximate surface area is 216 Å². The Morgan fingerprint density at radius 3 is 2.78 bits per heavy atom. The molecule has 0 fully saturated rings. The van der Waals surface area contributed by atoms with Gasteiger partial charge in [0.15, 0.2) is 16.3 Å². The molecular formula is C29H23ClN2O3S. The van der Waals surface area contributed by atoms with E-state index in [4.69, 9.17) is 21.3 Å². The second-order valence-electron chi connectivity index (χ2n) is 8.80. The summed E-state index contributed by atoms with van der Waals surface area (Å²) >= 11 is 8.06. The van der Waals surface area contributed by atoms with E-state index < -0.39 is 0 Å². The van der Waals surface area contributed by atoms with E-state index in [-0.39, 0.29) is 17.4 Å². The van der Waals surface area contributed by atoms with E-state index in [1.165, 1.54) is 16.9 Å². The fourth-order valence-corrected chi connectivity index (χ4v) is 6.28. The molecule has 1 aliphatic carbocycles. The number of benzene rings is 3. The zero-order chi connectivity index (χ0) is 24.8. The summed E-state index contributed by atoms with van der Waals surface area (Å²) in [6.07, 6.45) is 3.53. The van der Waals surface area contributed by atoms with Crippen molar-refractivity contribution in [3.8, 4) is 11.5 Å². The predicted molar refractivity (Wildman–Crippen MR) is 143 cm³/mol. The van der Waals surface area contributed by atoms with E-state index in [2.05, 4.69) is 18.2 Å². The number of phenols is 1. The lowest BCUT2D eigenvalue weighted by molar-refractivity contribution is 0.318. The first kappa shape index (κ1) is 22.8. The van der Waals surface area contributed by atoms with E-state index in [0.29, 0.717) is 26.7 Å². The third kappa shape index (κ3) is 3.77. The molecule has 6 rings (SSSR count). The van der Waals surface area contributed by atoms with Crippen molar-refractivity contribution in [2.75, 3.05) is 6.61 Å². The number of hydrogen-bond acceptors (Lipinski definition) is 5. The number of phenolic OH excluding ortho intramolecular Hbond substituents is 1. The zero-order valence-corrected chi connectivity index (χ0v) is 21.1. The van der Waals surface area contributed by atoms with Gasteiger partial charge < -0.3 is 9.84 Å². The third-order valence-electron chi connectivity index (χ3n) is 6.65. The van der Waals surface area contributed by atoms with Crippen molar-refractivity contribution >= 4 is 34.7 Å². The molecule has 0 bridgehead atoms. The minimum atomic E-state index is -0.320. The van der Waals surface area contributed by atoms with Gasteiger partial charge in [0, 0.05) is 10.6 Å². The van der Waals surface area contributed by atoms with Crippen molar-refractivity contribution in [1.29, 1.82) is 0 Å². The number of allylic oxidation sites excluding steroid dienone is 1. The fourth-order valence-electron chi connectivity index (χ4n) is 5.04. The third-order valence-corrected chi connectivity index (χ3v) is 7.98. The Morgan fingerprint density at radius 1 is 1.14 bits per heavy atom. The van der Waals surface area contributed by atoms with Gasteiger partial charge in [-0.1, -0.05) is 71.5 Å². The lowest BCUT2D eigenvalue weighted by atomic mass is 9.83. The molecule has 0 saturated heterocycles. The Kier molecular flexibility index (Phi) is 5.78. The Bertz CT molecular complexity index is 1720. The van der Waals surface area contributed by atoms with Gasteiger partial charge in [-0.3, -0.25) is 9.36 Å². The van der Waals surface area contributed by atoms with Crippen LogP contribution in [0.25, 0.3) is 11.8 Å². The van der Waals surface area contributed by atoms with E-state index in [1.807, 2.05) is 43.3 Å². The predicted octanol–water partition coefficient (Wildman–Crippen LogP) is 5.08. The molecule has 1 unspecified atom stereocenters. The van der Waals surface area contributed by atoms with Gasteiger partial charge in [-0.05, 0) is 66.3 Å². The summed E-state index contributed by atoms with van der Waals surface area (Å²) in [4.78, 5) is 19.5. The first-order valence-corrected chi connectivity index (χ1v) is 13.1. The standard InChI is InChI=1S/C29H23ClN2O3S/c1-2-35-24-15-17(11-14-23(24)33)16-25-28(34)32-27(20-9-5-6-10-22(20)30)21-13-12-18-7-3-4-8-19(18)26(21)31-29(32)36-25/h3-11,14-16,27,33H,2,12-13H2,1H3. The van der Waals surface area contributed by atoms with Crippen LogP contribution in [0.2, 0.25) is 5.02 Å². The number of thiazole rings is 1. The lowest BCUT2D eigenvalue weighted by Gasteiger charge is -2.31. The normalized spacial score (nSPS) is 16.7. The topological polar surface area (TPSA) is 63.8 Å². The number of ether oxygens (including phenoxy) is 1. The van der Waals surface area contributed by atoms with Gasteiger partial charge in [-0.2, -0.15) is 0 Å². The van der Waals surface area contributed by atoms with Gasteiger partial charge in [0.2, 0.25) is 0 Å². The van der Waals surface area contributed by atoms with Crippen molar-refractivity contribution in [1.82, 2.24) is 4.57 Å². The monoisotopic (exact) mass is 514 g/mol. The van der Waals surface area contributed by atoms with E-state index in [1.54, 1.807) is 22.8 Å². The minimum absolute atomic E-state index is 0.0699. The maximum Gasteiger partial charge on any atom is 0.271 e. The summed E-state index contributed by atoms with van der Waals surface area (Å²) in [6.45, 7) is 2.29. The molecule has 180 valence electrons. The summed E-state index contributed by atoms with van der Waals surface area (Å²) in [5.74, 6) is 0.459. The van der Waals surface area contributed by atoms with Crippen LogP contribution in [-0.4, -0.2) is 16.3 Å². The van der Waals surface area contributed by atoms with E-state index in [0.717, 1.165) is 40.8 Å². The zero-order valence-electron chi connectivity index (χ0n) is 19.6. The van der Waals surface area contributed by atoms with Crippen LogP contribution in [0, 0.1) is 0 Å². The molecule has 1 N–H and O–H groups in total. The Hall–Kier alpha value is -3.61. The van der Waals surface area contributed by atoms with Crippen LogP contribution in [0.4, 0.5) is 0 Å². The molecule has 0 amide bonds. The SMILES string of the molecule is CCOc1cc(C=c2sc3n(c2=O)C(c2ccccc2Cl)C2=C(N=3)c3ccccc3CC2)ccc1O. The van der Waals surface area contributed by atoms with Crippen LogP contribution >= 0.6 is 22.9 Å². The van der Waals surface area contributed by atoms with Crippen LogP contribution in [0.5, 0.6) is 11.5 Å². The van der Waals surface area contributed by atoms with Crippen LogP contribution in [0.15, 0.2) is 82.1 Å². The largest absolute Gasteiger partial charge is 0.504 e. The Morgan fingerprint density at radius 2 is 1.94 bits per heavy atom. The number of rotatable bonds is 4. The highest BCUT2D eigenvalue weighted by Gasteiger charge is 2.33. The van der Waals surface area contributed by atoms with Gasteiger partial charge in [-0.15, -0.1) is 0 Å². The van der Waals surface area contributed by atoms with Crippen molar-refractivity contribution in [2.24, 2.45) is 4.99 Å². The summed E-state index contributed by atoms with van der Waals surface area (Å²) in [6, 6.07) is 20.8. The van der Waals surface area contributed by atoms with Crippen LogP contribution in [-0.2, 0) is 6.42 Å². The summed E-state index contributed by atoms with van der Waals surface area (Å²) in [5.41, 5.74) is 6.00. The molecular weight excluding hydrogens is 492 g/mol. The number of halogens is 1. The summed E-state index contributed by atoms with van der Waals surface area (Å²) in [5, 5.41) is 10.7. The van der Waals surface area contributed by atoms with Crippen LogP contribution in [0.3, 0.4) is 0 Å². The Balaban J connectivity index is 1.60. The first-order chi connectivity index (χ1) is 17.5. The molecule has 1 aliphatic heterocycles. The molecule has 5 nitrogen and oxygen atoms in total. The highest BCUT2D eigenvalue weighted by atomic mass is 35.5. The van der Waals surface area contributed by atoms with Gasteiger partial charge in [0.1, 0.15) is 0 Å². The number of hydrogen-bond donors (Lipinski definition) is 1. The maximum absolute atomic E-state index is 13.8. The highest BCUT2D eigenvalue weighted by Crippen LogP contribution is 2.42. The average Bonchev–Trinajstić information content (AvgIpc) is 3.20. The number of aromatic hydroxyl groups is 1.